The summed E-state index contributed by atoms with van der Waals surface area (Å²) in [5.41, 5.74) is 7.52. The Morgan fingerprint density at radius 1 is 1.52 bits per heavy atom. The zero-order valence-corrected chi connectivity index (χ0v) is 16.1. The van der Waals surface area contributed by atoms with Crippen molar-refractivity contribution in [3.63, 3.8) is 0 Å². The van der Waals surface area contributed by atoms with Gasteiger partial charge in [-0.2, -0.15) is 0 Å². The second-order valence-electron chi connectivity index (χ2n) is 6.93. The number of allylic oxidation sites excluding steroid dienone is 1. The van der Waals surface area contributed by atoms with Gasteiger partial charge in [0.2, 0.25) is 0 Å². The molecule has 1 fully saturated rings. The Morgan fingerprint density at radius 3 is 2.81 bits per heavy atom. The van der Waals surface area contributed by atoms with Crippen LogP contribution in [-0.4, -0.2) is 41.7 Å². The number of ether oxygens (including phenoxy) is 2. The Morgan fingerprint density at radius 2 is 2.22 bits per heavy atom. The molecule has 0 atom stereocenters. The SMILES string of the molecule is C#Cc1ccc(C(=N)/C(C)=C\C(N)=NC2CC(C)(O)C2)c(OCOCC)c1. The number of nitrogens with one attached hydrogen (secondary N) is 1. The summed E-state index contributed by atoms with van der Waals surface area (Å²) in [7, 11) is 0. The minimum atomic E-state index is -0.647. The third-order valence-electron chi connectivity index (χ3n) is 4.36. The number of nitrogens with two attached hydrogens (primary N) is 1. The second-order valence-corrected chi connectivity index (χ2v) is 6.93. The van der Waals surface area contributed by atoms with Gasteiger partial charge in [-0.3, -0.25) is 10.4 Å². The topological polar surface area (TPSA) is 101 Å². The highest BCUT2D eigenvalue weighted by atomic mass is 16.7. The van der Waals surface area contributed by atoms with Crippen molar-refractivity contribution < 1.29 is 14.6 Å². The Bertz CT molecular complexity index is 795. The molecule has 0 aromatic heterocycles. The molecule has 1 saturated carbocycles. The van der Waals surface area contributed by atoms with Crippen LogP contribution in [0.5, 0.6) is 5.75 Å². The summed E-state index contributed by atoms with van der Waals surface area (Å²) in [5, 5.41) is 18.3. The molecule has 144 valence electrons. The molecule has 27 heavy (non-hydrogen) atoms. The molecule has 0 saturated heterocycles. The average molecular weight is 369 g/mol. The summed E-state index contributed by atoms with van der Waals surface area (Å²) in [6, 6.07) is 5.26. The van der Waals surface area contributed by atoms with Crippen molar-refractivity contribution in [2.45, 2.75) is 45.3 Å². The lowest BCUT2D eigenvalue weighted by molar-refractivity contribution is -0.0280. The van der Waals surface area contributed by atoms with Gasteiger partial charge in [-0.1, -0.05) is 5.92 Å². The quantitative estimate of drug-likeness (QED) is 0.216. The molecule has 0 aliphatic heterocycles. The standard InChI is InChI=1S/C21H27N3O3/c1-5-15-7-8-17(18(10-15)27-13-26-6-2)20(23)14(3)9-19(22)24-16-11-21(4,25)12-16/h1,7-10,16,23,25H,6,11-13H2,2-4H3,(H2,22,24)/b14-9-,23-20?. The van der Waals surface area contributed by atoms with E-state index in [2.05, 4.69) is 10.9 Å². The maximum atomic E-state index is 9.78. The van der Waals surface area contributed by atoms with E-state index in [0.717, 1.165) is 0 Å². The highest BCUT2D eigenvalue weighted by molar-refractivity contribution is 6.14. The molecule has 6 heteroatoms. The molecule has 2 rings (SSSR count). The van der Waals surface area contributed by atoms with Crippen molar-refractivity contribution in [1.82, 2.24) is 0 Å². The molecule has 1 aromatic carbocycles. The summed E-state index contributed by atoms with van der Waals surface area (Å²) in [6.07, 6.45) is 8.32. The Labute approximate surface area is 160 Å². The van der Waals surface area contributed by atoms with Crippen molar-refractivity contribution in [2.75, 3.05) is 13.4 Å². The second kappa shape index (κ2) is 8.85. The highest BCUT2D eigenvalue weighted by Crippen LogP contribution is 2.33. The molecular formula is C21H27N3O3. The predicted molar refractivity (Wildman–Crippen MR) is 107 cm³/mol. The third kappa shape index (κ3) is 5.68. The van der Waals surface area contributed by atoms with Crippen LogP contribution in [0.3, 0.4) is 0 Å². The van der Waals surface area contributed by atoms with E-state index >= 15 is 0 Å². The number of hydrogen-bond donors (Lipinski definition) is 3. The fourth-order valence-electron chi connectivity index (χ4n) is 2.93. The van der Waals surface area contributed by atoms with Crippen molar-refractivity contribution in [1.29, 1.82) is 5.41 Å². The summed E-state index contributed by atoms with van der Waals surface area (Å²) in [4.78, 5) is 4.39. The monoisotopic (exact) mass is 369 g/mol. The van der Waals surface area contributed by atoms with Crippen molar-refractivity contribution in [3.05, 3.63) is 41.0 Å². The minimum Gasteiger partial charge on any atom is -0.467 e. The number of benzene rings is 1. The van der Waals surface area contributed by atoms with Crippen LogP contribution in [0, 0.1) is 17.8 Å². The molecule has 0 heterocycles. The molecule has 4 N–H and O–H groups in total. The van der Waals surface area contributed by atoms with Crippen molar-refractivity contribution in [2.24, 2.45) is 10.7 Å². The maximum Gasteiger partial charge on any atom is 0.189 e. The molecule has 0 bridgehead atoms. The normalized spacial score (nSPS) is 22.7. The van der Waals surface area contributed by atoms with E-state index < -0.39 is 5.60 Å². The van der Waals surface area contributed by atoms with Crippen LogP contribution in [0.4, 0.5) is 0 Å². The van der Waals surface area contributed by atoms with Gasteiger partial charge >= 0.3 is 0 Å². The van der Waals surface area contributed by atoms with Crippen LogP contribution in [0.1, 0.15) is 44.7 Å². The van der Waals surface area contributed by atoms with Crippen LogP contribution in [0.15, 0.2) is 34.8 Å². The van der Waals surface area contributed by atoms with Gasteiger partial charge < -0.3 is 20.3 Å². The molecular weight excluding hydrogens is 342 g/mol. The molecule has 0 unspecified atom stereocenters. The summed E-state index contributed by atoms with van der Waals surface area (Å²) < 4.78 is 10.9. The van der Waals surface area contributed by atoms with Crippen molar-refractivity contribution in [3.8, 4) is 18.1 Å². The lowest BCUT2D eigenvalue weighted by Gasteiger charge is -2.38. The smallest absolute Gasteiger partial charge is 0.189 e. The lowest BCUT2D eigenvalue weighted by atomic mass is 9.78. The zero-order chi connectivity index (χ0) is 20.0. The van der Waals surface area contributed by atoms with E-state index in [0.29, 0.717) is 47.7 Å². The van der Waals surface area contributed by atoms with E-state index in [4.69, 9.17) is 27.0 Å². The third-order valence-corrected chi connectivity index (χ3v) is 4.36. The lowest BCUT2D eigenvalue weighted by Crippen LogP contribution is -2.44. The fourth-order valence-corrected chi connectivity index (χ4v) is 2.93. The van der Waals surface area contributed by atoms with Crippen LogP contribution in [-0.2, 0) is 4.74 Å². The largest absolute Gasteiger partial charge is 0.467 e. The molecule has 0 spiro atoms. The minimum absolute atomic E-state index is 0.0261. The van der Waals surface area contributed by atoms with Gasteiger partial charge in [-0.05, 0) is 63.5 Å². The van der Waals surface area contributed by atoms with Crippen LogP contribution in [0.25, 0.3) is 0 Å². The van der Waals surface area contributed by atoms with Gasteiger partial charge in [0.15, 0.2) is 6.79 Å². The molecule has 1 aliphatic rings. The predicted octanol–water partition coefficient (Wildman–Crippen LogP) is 2.63. The summed E-state index contributed by atoms with van der Waals surface area (Å²) in [6.45, 7) is 6.07. The van der Waals surface area contributed by atoms with E-state index in [1.807, 2.05) is 6.92 Å². The van der Waals surface area contributed by atoms with Gasteiger partial charge in [0.05, 0.1) is 17.4 Å². The number of amidine groups is 1. The number of rotatable bonds is 8. The molecule has 6 nitrogen and oxygen atoms in total. The first-order valence-corrected chi connectivity index (χ1v) is 8.90. The van der Waals surface area contributed by atoms with Crippen molar-refractivity contribution >= 4 is 11.5 Å². The number of aliphatic imine (C=N–C) groups is 1. The van der Waals surface area contributed by atoms with Gasteiger partial charge in [0.25, 0.3) is 0 Å². The van der Waals surface area contributed by atoms with Crippen LogP contribution < -0.4 is 10.5 Å². The number of nitrogens with zero attached hydrogens (tertiary/aromatic N) is 1. The summed E-state index contributed by atoms with van der Waals surface area (Å²) >= 11 is 0. The number of terminal acetylenes is 1. The van der Waals surface area contributed by atoms with Gasteiger partial charge in [-0.15, -0.1) is 6.42 Å². The highest BCUT2D eigenvalue weighted by Gasteiger charge is 2.38. The average Bonchev–Trinajstić information content (AvgIpc) is 2.59. The maximum absolute atomic E-state index is 9.78. The molecule has 0 radical (unpaired) electrons. The molecule has 1 aliphatic carbocycles. The first kappa shape index (κ1) is 20.7. The Balaban J connectivity index is 2.17. The zero-order valence-electron chi connectivity index (χ0n) is 16.1. The Hall–Kier alpha value is -2.62. The number of hydrogen-bond acceptors (Lipinski definition) is 5. The summed E-state index contributed by atoms with van der Waals surface area (Å²) in [5.74, 6) is 3.39. The van der Waals surface area contributed by atoms with E-state index in [1.54, 1.807) is 38.1 Å². The fraction of sp³-hybridized carbons (Fsp3) is 0.429. The number of aliphatic hydroxyl groups is 1. The van der Waals surface area contributed by atoms with Crippen LogP contribution in [0.2, 0.25) is 0 Å². The first-order valence-electron chi connectivity index (χ1n) is 8.90. The van der Waals surface area contributed by atoms with Crippen LogP contribution >= 0.6 is 0 Å². The molecule has 0 amide bonds. The van der Waals surface area contributed by atoms with Gasteiger partial charge in [0, 0.05) is 17.7 Å². The van der Waals surface area contributed by atoms with E-state index in [9.17, 15) is 5.11 Å². The van der Waals surface area contributed by atoms with Gasteiger partial charge in [-0.25, -0.2) is 0 Å². The first-order chi connectivity index (χ1) is 12.8. The van der Waals surface area contributed by atoms with E-state index in [1.165, 1.54) is 0 Å². The van der Waals surface area contributed by atoms with E-state index in [-0.39, 0.29) is 18.5 Å². The molecule has 1 aromatic rings. The Kier molecular flexibility index (Phi) is 6.78. The van der Waals surface area contributed by atoms with Gasteiger partial charge in [0.1, 0.15) is 11.6 Å².